The lowest BCUT2D eigenvalue weighted by atomic mass is 10.2. The molecular weight excluding hydrogens is 446 g/mol. The molecule has 1 aromatic heterocycles. The number of benzene rings is 2. The highest BCUT2D eigenvalue weighted by Gasteiger charge is 2.21. The average molecular weight is 471 g/mol. The van der Waals surface area contributed by atoms with Crippen LogP contribution in [0.5, 0.6) is 5.75 Å². The van der Waals surface area contributed by atoms with Gasteiger partial charge in [-0.15, -0.1) is 11.3 Å². The molecular formula is C24H24F2N4O2S. The van der Waals surface area contributed by atoms with Crippen molar-refractivity contribution in [3.05, 3.63) is 64.3 Å². The van der Waals surface area contributed by atoms with E-state index < -0.39 is 6.61 Å². The Kier molecular flexibility index (Phi) is 6.50. The van der Waals surface area contributed by atoms with Crippen molar-refractivity contribution < 1.29 is 18.3 Å². The monoisotopic (exact) mass is 470 g/mol. The number of halogens is 2. The molecule has 2 heterocycles. The van der Waals surface area contributed by atoms with Crippen molar-refractivity contribution in [2.45, 2.75) is 25.5 Å². The second-order valence-electron chi connectivity index (χ2n) is 7.91. The molecule has 1 saturated heterocycles. The summed E-state index contributed by atoms with van der Waals surface area (Å²) in [7, 11) is 0. The van der Waals surface area contributed by atoms with Gasteiger partial charge in [-0.2, -0.15) is 13.9 Å². The van der Waals surface area contributed by atoms with Crippen LogP contribution < -0.4 is 14.4 Å². The third-order valence-electron chi connectivity index (χ3n) is 5.49. The Bertz CT molecular complexity index is 1160. The molecule has 2 fully saturated rings. The van der Waals surface area contributed by atoms with E-state index in [2.05, 4.69) is 33.9 Å². The molecule has 6 nitrogen and oxygen atoms in total. The zero-order chi connectivity index (χ0) is 22.6. The van der Waals surface area contributed by atoms with Gasteiger partial charge in [0.05, 0.1) is 31.2 Å². The summed E-state index contributed by atoms with van der Waals surface area (Å²) >= 11 is 1.52. The van der Waals surface area contributed by atoms with Gasteiger partial charge in [-0.3, -0.25) is 4.99 Å². The molecule has 0 spiro atoms. The number of alkyl halides is 2. The van der Waals surface area contributed by atoms with E-state index in [4.69, 9.17) is 14.8 Å². The molecule has 0 atom stereocenters. The minimum absolute atomic E-state index is 0.127. The van der Waals surface area contributed by atoms with Crippen molar-refractivity contribution in [3.63, 3.8) is 0 Å². The van der Waals surface area contributed by atoms with Crippen molar-refractivity contribution in [2.75, 3.05) is 31.2 Å². The molecule has 1 aliphatic heterocycles. The van der Waals surface area contributed by atoms with Crippen molar-refractivity contribution >= 4 is 23.2 Å². The lowest BCUT2D eigenvalue weighted by molar-refractivity contribution is -0.0498. The van der Waals surface area contributed by atoms with Crippen LogP contribution in [0.1, 0.15) is 18.4 Å². The Hall–Kier alpha value is -3.04. The molecule has 2 aliphatic rings. The molecule has 33 heavy (non-hydrogen) atoms. The van der Waals surface area contributed by atoms with E-state index in [0.717, 1.165) is 60.8 Å². The number of morpholine rings is 1. The van der Waals surface area contributed by atoms with E-state index in [9.17, 15) is 8.78 Å². The molecule has 2 aromatic carbocycles. The molecule has 0 N–H and O–H groups in total. The maximum Gasteiger partial charge on any atom is 0.387 e. The maximum absolute atomic E-state index is 12.5. The first-order valence-electron chi connectivity index (χ1n) is 10.9. The van der Waals surface area contributed by atoms with Gasteiger partial charge in [-0.25, -0.2) is 4.68 Å². The molecule has 1 saturated carbocycles. The van der Waals surface area contributed by atoms with Gasteiger partial charge in [-0.05, 0) is 54.8 Å². The third kappa shape index (κ3) is 5.48. The smallest absolute Gasteiger partial charge is 0.387 e. The highest BCUT2D eigenvalue weighted by molar-refractivity contribution is 7.07. The van der Waals surface area contributed by atoms with E-state index in [1.807, 2.05) is 16.3 Å². The Labute approximate surface area is 194 Å². The molecule has 1 aliphatic carbocycles. The lowest BCUT2D eigenvalue weighted by Crippen LogP contribution is -2.36. The number of hydrogen-bond acceptors (Lipinski definition) is 6. The van der Waals surface area contributed by atoms with Crippen molar-refractivity contribution in [3.8, 4) is 17.0 Å². The second-order valence-corrected chi connectivity index (χ2v) is 8.75. The SMILES string of the molecule is FC(F)Oc1ccc(-c2csc(=NC3CC3)n2/N=C\c2ccc(N3CCOCC3)cc2)cc1. The summed E-state index contributed by atoms with van der Waals surface area (Å²) in [6, 6.07) is 15.2. The number of nitrogens with zero attached hydrogens (tertiary/aromatic N) is 4. The predicted molar refractivity (Wildman–Crippen MR) is 125 cm³/mol. The largest absolute Gasteiger partial charge is 0.435 e. The maximum atomic E-state index is 12.5. The van der Waals surface area contributed by atoms with Crippen LogP contribution in [0.2, 0.25) is 0 Å². The molecule has 0 bridgehead atoms. The highest BCUT2D eigenvalue weighted by Crippen LogP contribution is 2.26. The van der Waals surface area contributed by atoms with Crippen LogP contribution in [0.3, 0.4) is 0 Å². The van der Waals surface area contributed by atoms with Crippen LogP contribution in [-0.4, -0.2) is 49.8 Å². The van der Waals surface area contributed by atoms with Gasteiger partial charge in [0.25, 0.3) is 0 Å². The van der Waals surface area contributed by atoms with Crippen molar-refractivity contribution in [1.82, 2.24) is 4.68 Å². The first kappa shape index (κ1) is 21.8. The van der Waals surface area contributed by atoms with Gasteiger partial charge in [0, 0.05) is 29.7 Å². The number of ether oxygens (including phenoxy) is 2. The number of rotatable bonds is 7. The minimum Gasteiger partial charge on any atom is -0.435 e. The lowest BCUT2D eigenvalue weighted by Gasteiger charge is -2.28. The quantitative estimate of drug-likeness (QED) is 0.475. The van der Waals surface area contributed by atoms with E-state index >= 15 is 0 Å². The molecule has 3 aromatic rings. The average Bonchev–Trinajstić information content (AvgIpc) is 3.57. The van der Waals surface area contributed by atoms with Crippen LogP contribution in [0, 0.1) is 0 Å². The topological polar surface area (TPSA) is 51.3 Å². The van der Waals surface area contributed by atoms with E-state index in [0.29, 0.717) is 6.04 Å². The number of aromatic nitrogens is 1. The summed E-state index contributed by atoms with van der Waals surface area (Å²) < 4.78 is 36.6. The van der Waals surface area contributed by atoms with Crippen molar-refractivity contribution in [2.24, 2.45) is 10.1 Å². The summed E-state index contributed by atoms with van der Waals surface area (Å²) in [4.78, 5) is 7.92. The predicted octanol–water partition coefficient (Wildman–Crippen LogP) is 4.60. The molecule has 0 unspecified atom stereocenters. The van der Waals surface area contributed by atoms with E-state index in [1.54, 1.807) is 12.1 Å². The number of hydrogen-bond donors (Lipinski definition) is 0. The Morgan fingerprint density at radius 2 is 1.76 bits per heavy atom. The molecule has 172 valence electrons. The number of anilines is 1. The molecule has 9 heteroatoms. The summed E-state index contributed by atoms with van der Waals surface area (Å²) in [5, 5.41) is 6.72. The summed E-state index contributed by atoms with van der Waals surface area (Å²) in [6.07, 6.45) is 4.01. The van der Waals surface area contributed by atoms with Crippen LogP contribution in [0.15, 0.2) is 64.0 Å². The summed E-state index contributed by atoms with van der Waals surface area (Å²) in [5.41, 5.74) is 3.86. The van der Waals surface area contributed by atoms with Gasteiger partial charge >= 0.3 is 6.61 Å². The standard InChI is InChI=1S/C24H24F2N4O2S/c25-23(26)32-21-9-3-18(4-10-21)22-16-33-24(28-19-5-6-19)30(22)27-15-17-1-7-20(8-2-17)29-11-13-31-14-12-29/h1-4,7-10,15-16,19,23H,5-6,11-14H2/b27-15-,28-24?. The Balaban J connectivity index is 1.40. The van der Waals surface area contributed by atoms with Gasteiger partial charge in [0.15, 0.2) is 0 Å². The van der Waals surface area contributed by atoms with Gasteiger partial charge in [-0.1, -0.05) is 12.1 Å². The number of thiazole rings is 1. The van der Waals surface area contributed by atoms with E-state index in [-0.39, 0.29) is 5.75 Å². The first-order chi connectivity index (χ1) is 16.2. The summed E-state index contributed by atoms with van der Waals surface area (Å²) in [5.74, 6) is 0.127. The van der Waals surface area contributed by atoms with Crippen molar-refractivity contribution in [1.29, 1.82) is 0 Å². The molecule has 0 amide bonds. The minimum atomic E-state index is -2.84. The highest BCUT2D eigenvalue weighted by atomic mass is 32.1. The van der Waals surface area contributed by atoms with Crippen LogP contribution in [0.25, 0.3) is 11.3 Å². The zero-order valence-corrected chi connectivity index (χ0v) is 18.8. The Morgan fingerprint density at radius 3 is 2.42 bits per heavy atom. The van der Waals surface area contributed by atoms with Gasteiger partial charge < -0.3 is 14.4 Å². The summed E-state index contributed by atoms with van der Waals surface area (Å²) in [6.45, 7) is 0.459. The van der Waals surface area contributed by atoms with E-state index in [1.165, 1.54) is 29.2 Å². The second kappa shape index (κ2) is 9.84. The normalized spacial score (nSPS) is 17.3. The van der Waals surface area contributed by atoms with Crippen LogP contribution >= 0.6 is 11.3 Å². The van der Waals surface area contributed by atoms with Crippen LogP contribution in [-0.2, 0) is 4.74 Å². The van der Waals surface area contributed by atoms with Crippen LogP contribution in [0.4, 0.5) is 14.5 Å². The van der Waals surface area contributed by atoms with Gasteiger partial charge in [0.1, 0.15) is 5.75 Å². The molecule has 5 rings (SSSR count). The fourth-order valence-electron chi connectivity index (χ4n) is 3.58. The fourth-order valence-corrected chi connectivity index (χ4v) is 4.49. The Morgan fingerprint density at radius 1 is 1.03 bits per heavy atom. The molecule has 0 radical (unpaired) electrons. The zero-order valence-electron chi connectivity index (χ0n) is 17.9. The third-order valence-corrected chi connectivity index (χ3v) is 6.32. The fraction of sp³-hybridized carbons (Fsp3) is 0.333. The first-order valence-corrected chi connectivity index (χ1v) is 11.8. The van der Waals surface area contributed by atoms with Gasteiger partial charge in [0.2, 0.25) is 4.80 Å².